The lowest BCUT2D eigenvalue weighted by atomic mass is 9.89. The summed E-state index contributed by atoms with van der Waals surface area (Å²) in [7, 11) is 0. The van der Waals surface area contributed by atoms with Crippen molar-refractivity contribution in [3.05, 3.63) is 22.8 Å². The molecule has 0 aromatic rings. The fourth-order valence-corrected chi connectivity index (χ4v) is 1.05. The van der Waals surface area contributed by atoms with E-state index < -0.39 is 5.97 Å². The summed E-state index contributed by atoms with van der Waals surface area (Å²) < 4.78 is 0. The van der Waals surface area contributed by atoms with E-state index in [0.717, 1.165) is 12.0 Å². The molecule has 1 aliphatic carbocycles. The third kappa shape index (κ3) is 1.21. The summed E-state index contributed by atoms with van der Waals surface area (Å²) in [5.41, 5.74) is 2.69. The van der Waals surface area contributed by atoms with Crippen LogP contribution in [0, 0.1) is 0 Å². The number of hydrogen-bond donors (Lipinski definition) is 1. The van der Waals surface area contributed by atoms with Crippen LogP contribution in [0.15, 0.2) is 22.8 Å². The van der Waals surface area contributed by atoms with Gasteiger partial charge in [0.25, 0.3) is 0 Å². The minimum atomic E-state index is -0.823. The van der Waals surface area contributed by atoms with Crippen molar-refractivity contribution in [2.75, 3.05) is 0 Å². The lowest BCUT2D eigenvalue weighted by Crippen LogP contribution is -2.11. The molecule has 0 aliphatic heterocycles. The van der Waals surface area contributed by atoms with Crippen molar-refractivity contribution in [3.63, 3.8) is 0 Å². The van der Waals surface area contributed by atoms with E-state index in [-0.39, 0.29) is 0 Å². The maximum absolute atomic E-state index is 10.3. The van der Waals surface area contributed by atoms with Crippen LogP contribution in [0.4, 0.5) is 0 Å². The van der Waals surface area contributed by atoms with E-state index in [1.165, 1.54) is 5.54 Å². The Morgan fingerprint density at radius 1 is 1.60 bits per heavy atom. The minimum absolute atomic E-state index is 0.497. The molecule has 0 spiro atoms. The lowest BCUT2D eigenvalue weighted by Gasteiger charge is -2.16. The van der Waals surface area contributed by atoms with Gasteiger partial charge in [-0.3, -0.25) is 0 Å². The number of carbonyl (C=O) groups is 1. The Kier molecular flexibility index (Phi) is 2.12. The van der Waals surface area contributed by atoms with E-state index in [1.54, 1.807) is 6.08 Å². The van der Waals surface area contributed by atoms with Crippen LogP contribution < -0.4 is 0 Å². The van der Waals surface area contributed by atoms with Crippen molar-refractivity contribution < 1.29 is 9.90 Å². The molecule has 0 atom stereocenters. The summed E-state index contributed by atoms with van der Waals surface area (Å²) >= 11 is 5.27. The molecule has 1 aliphatic rings. The highest BCUT2D eigenvalue weighted by molar-refractivity contribution is 6.25. The average Bonchev–Trinajstić information content (AvgIpc) is 1.78. The van der Waals surface area contributed by atoms with Gasteiger partial charge in [-0.15, -0.1) is 0 Å². The number of hydrogen-bond acceptors (Lipinski definition) is 1. The molecule has 0 unspecified atom stereocenters. The van der Waals surface area contributed by atoms with Gasteiger partial charge in [0.2, 0.25) is 0 Å². The summed E-state index contributed by atoms with van der Waals surface area (Å²) in [5, 5.41) is 8.50. The van der Waals surface area contributed by atoms with E-state index in [0.29, 0.717) is 12.0 Å². The smallest absolute Gasteiger partial charge is 0.331 e. The standard InChI is InChI=1S/C7H7ClO2/c8-4-3-5-1-2-6(5)7(9)10/h3-4H,1-2H2,(H,9,10). The highest BCUT2D eigenvalue weighted by Gasteiger charge is 2.20. The topological polar surface area (TPSA) is 37.3 Å². The third-order valence-corrected chi connectivity index (χ3v) is 1.68. The summed E-state index contributed by atoms with van der Waals surface area (Å²) in [6, 6.07) is 0. The molecule has 2 nitrogen and oxygen atoms in total. The van der Waals surface area contributed by atoms with Crippen molar-refractivity contribution in [2.45, 2.75) is 12.8 Å². The van der Waals surface area contributed by atoms with Crippen molar-refractivity contribution in [2.24, 2.45) is 0 Å². The van der Waals surface area contributed by atoms with E-state index >= 15 is 0 Å². The number of halogens is 1. The van der Waals surface area contributed by atoms with Crippen LogP contribution in [0.25, 0.3) is 0 Å². The van der Waals surface area contributed by atoms with E-state index in [4.69, 9.17) is 16.7 Å². The second kappa shape index (κ2) is 2.88. The zero-order chi connectivity index (χ0) is 7.56. The zero-order valence-corrected chi connectivity index (χ0v) is 6.06. The summed E-state index contributed by atoms with van der Waals surface area (Å²) in [6.45, 7) is 0. The Morgan fingerprint density at radius 3 is 2.60 bits per heavy atom. The van der Waals surface area contributed by atoms with Gasteiger partial charge in [-0.1, -0.05) is 11.6 Å². The molecular formula is C7H7ClO2. The Hall–Kier alpha value is -0.760. The first kappa shape index (κ1) is 7.35. The van der Waals surface area contributed by atoms with Gasteiger partial charge in [0, 0.05) is 11.1 Å². The van der Waals surface area contributed by atoms with Gasteiger partial charge in [-0.2, -0.15) is 0 Å². The molecule has 54 valence electrons. The number of carboxylic acid groups (broad SMARTS) is 1. The molecule has 0 aromatic carbocycles. The fraction of sp³-hybridized carbons (Fsp3) is 0.286. The highest BCUT2D eigenvalue weighted by atomic mass is 35.5. The van der Waals surface area contributed by atoms with Crippen molar-refractivity contribution in [1.29, 1.82) is 0 Å². The second-order valence-corrected chi connectivity index (χ2v) is 2.35. The van der Waals surface area contributed by atoms with Crippen LogP contribution in [0.5, 0.6) is 0 Å². The molecule has 0 radical (unpaired) electrons. The van der Waals surface area contributed by atoms with Crippen LogP contribution in [0.3, 0.4) is 0 Å². The van der Waals surface area contributed by atoms with Gasteiger partial charge in [0.15, 0.2) is 0 Å². The first-order valence-corrected chi connectivity index (χ1v) is 3.41. The van der Waals surface area contributed by atoms with Gasteiger partial charge < -0.3 is 5.11 Å². The monoisotopic (exact) mass is 158 g/mol. The number of rotatable bonds is 2. The van der Waals surface area contributed by atoms with Crippen LogP contribution >= 0.6 is 11.6 Å². The first-order chi connectivity index (χ1) is 4.75. The third-order valence-electron chi connectivity index (χ3n) is 1.55. The van der Waals surface area contributed by atoms with Gasteiger partial charge in [0.05, 0.1) is 0 Å². The Labute approximate surface area is 63.8 Å². The van der Waals surface area contributed by atoms with Crippen LogP contribution in [-0.2, 0) is 4.79 Å². The van der Waals surface area contributed by atoms with E-state index in [9.17, 15) is 4.79 Å². The molecular weight excluding hydrogens is 152 g/mol. The molecule has 0 bridgehead atoms. The lowest BCUT2D eigenvalue weighted by molar-refractivity contribution is -0.133. The fourth-order valence-electron chi connectivity index (χ4n) is 0.899. The van der Waals surface area contributed by atoms with Gasteiger partial charge in [-0.05, 0) is 24.5 Å². The summed E-state index contributed by atoms with van der Waals surface area (Å²) in [4.78, 5) is 10.3. The predicted molar refractivity (Wildman–Crippen MR) is 38.9 cm³/mol. The van der Waals surface area contributed by atoms with E-state index in [1.807, 2.05) is 0 Å². The molecule has 0 fully saturated rings. The Bertz CT molecular complexity index is 216. The number of carboxylic acids is 1. The number of allylic oxidation sites excluding steroid dienone is 2. The quantitative estimate of drug-likeness (QED) is 0.667. The van der Waals surface area contributed by atoms with Crippen molar-refractivity contribution in [3.8, 4) is 0 Å². The maximum Gasteiger partial charge on any atom is 0.331 e. The second-order valence-electron chi connectivity index (χ2n) is 2.10. The normalized spacial score (nSPS) is 17.7. The zero-order valence-electron chi connectivity index (χ0n) is 5.30. The molecule has 0 amide bonds. The molecule has 1 N–H and O–H groups in total. The van der Waals surface area contributed by atoms with Crippen molar-refractivity contribution >= 4 is 17.6 Å². The molecule has 10 heavy (non-hydrogen) atoms. The maximum atomic E-state index is 10.3. The van der Waals surface area contributed by atoms with Gasteiger partial charge >= 0.3 is 5.97 Å². The van der Waals surface area contributed by atoms with Crippen LogP contribution in [0.1, 0.15) is 12.8 Å². The Morgan fingerprint density at radius 2 is 2.30 bits per heavy atom. The van der Waals surface area contributed by atoms with E-state index in [2.05, 4.69) is 0 Å². The van der Waals surface area contributed by atoms with Crippen molar-refractivity contribution in [1.82, 2.24) is 0 Å². The minimum Gasteiger partial charge on any atom is -0.478 e. The largest absolute Gasteiger partial charge is 0.478 e. The molecule has 0 heterocycles. The van der Waals surface area contributed by atoms with Crippen LogP contribution in [0.2, 0.25) is 0 Å². The highest BCUT2D eigenvalue weighted by Crippen LogP contribution is 2.28. The predicted octanol–water partition coefficient (Wildman–Crippen LogP) is 1.91. The molecule has 0 saturated heterocycles. The number of aliphatic carboxylic acids is 1. The van der Waals surface area contributed by atoms with Crippen LogP contribution in [-0.4, -0.2) is 11.1 Å². The van der Waals surface area contributed by atoms with Gasteiger partial charge in [0.1, 0.15) is 0 Å². The molecule has 0 saturated carbocycles. The SMILES string of the molecule is O=C(O)C1=C(C=CCl)CC1. The molecule has 3 heteroatoms. The summed E-state index contributed by atoms with van der Waals surface area (Å²) in [5.74, 6) is -0.823. The Balaban J connectivity index is 2.76. The first-order valence-electron chi connectivity index (χ1n) is 2.98. The molecule has 1 rings (SSSR count). The van der Waals surface area contributed by atoms with Gasteiger partial charge in [-0.25, -0.2) is 4.79 Å². The average molecular weight is 159 g/mol. The summed E-state index contributed by atoms with van der Waals surface area (Å²) in [6.07, 6.45) is 3.14. The molecule has 0 aromatic heterocycles.